The van der Waals surface area contributed by atoms with Gasteiger partial charge in [0, 0.05) is 30.1 Å². The molecule has 1 aliphatic rings. The number of methoxy groups -OCH3 is 1. The Hall–Kier alpha value is -4.31. The molecule has 40 heavy (non-hydrogen) atoms. The van der Waals surface area contributed by atoms with E-state index < -0.39 is 17.9 Å². The number of anilines is 2. The van der Waals surface area contributed by atoms with Crippen molar-refractivity contribution in [2.24, 2.45) is 5.10 Å². The molecule has 3 aromatic carbocycles. The summed E-state index contributed by atoms with van der Waals surface area (Å²) in [7, 11) is 1.58. The van der Waals surface area contributed by atoms with Crippen LogP contribution >= 0.6 is 11.8 Å². The van der Waals surface area contributed by atoms with Gasteiger partial charge in [-0.1, -0.05) is 12.1 Å². The molecule has 4 rings (SSSR count). The molecule has 0 aliphatic carbocycles. The summed E-state index contributed by atoms with van der Waals surface area (Å²) < 4.78 is 5.16. The predicted octanol–water partition coefficient (Wildman–Crippen LogP) is 5.39. The molecular formula is C30H32N4O5S. The molecule has 0 spiro atoms. The molecule has 0 atom stereocenters. The Bertz CT molecular complexity index is 1340. The average Bonchev–Trinajstić information content (AvgIpc) is 2.98. The van der Waals surface area contributed by atoms with Crippen molar-refractivity contribution in [1.29, 1.82) is 0 Å². The van der Waals surface area contributed by atoms with E-state index in [1.54, 1.807) is 61.7 Å². The summed E-state index contributed by atoms with van der Waals surface area (Å²) in [5, 5.41) is 13.0. The van der Waals surface area contributed by atoms with E-state index in [0.29, 0.717) is 22.8 Å². The van der Waals surface area contributed by atoms with E-state index >= 15 is 0 Å². The highest BCUT2D eigenvalue weighted by Gasteiger charge is 2.25. The van der Waals surface area contributed by atoms with E-state index in [9.17, 15) is 14.4 Å². The van der Waals surface area contributed by atoms with E-state index in [0.717, 1.165) is 47.6 Å². The van der Waals surface area contributed by atoms with Gasteiger partial charge in [-0.05, 0) is 91.1 Å². The molecule has 0 radical (unpaired) electrons. The fourth-order valence-corrected chi connectivity index (χ4v) is 5.06. The Kier molecular flexibility index (Phi) is 10.2. The van der Waals surface area contributed by atoms with E-state index in [4.69, 9.17) is 9.84 Å². The number of carboxylic acids is 1. The average molecular weight is 561 g/mol. The van der Waals surface area contributed by atoms with Gasteiger partial charge >= 0.3 is 12.0 Å². The van der Waals surface area contributed by atoms with Crippen LogP contribution in [-0.4, -0.2) is 55.2 Å². The zero-order chi connectivity index (χ0) is 28.3. The molecule has 1 saturated heterocycles. The highest BCUT2D eigenvalue weighted by Crippen LogP contribution is 2.25. The molecule has 0 aromatic heterocycles. The Morgan fingerprint density at radius 2 is 1.75 bits per heavy atom. The molecule has 1 fully saturated rings. The maximum absolute atomic E-state index is 13.7. The predicted molar refractivity (Wildman–Crippen MR) is 159 cm³/mol. The number of carboxylic acid groups (broad SMARTS) is 1. The van der Waals surface area contributed by atoms with Crippen molar-refractivity contribution in [1.82, 2.24) is 5.43 Å². The second kappa shape index (κ2) is 14.2. The standard InChI is InChI=1S/C30H32N4O5S/c1-39-27-14-8-22(9-15-27)19-31-32-30(38)34(26-12-10-25(11-13-26)33-16-3-2-4-17-33)29(37)24-7-5-6-23(18-24)20-40-21-28(35)36/h5-15,18-19H,2-4,16-17,20-21H2,1H3,(H,32,38)(H,35,36). The van der Waals surface area contributed by atoms with Gasteiger partial charge in [-0.15, -0.1) is 11.8 Å². The molecule has 1 aliphatic heterocycles. The van der Waals surface area contributed by atoms with Crippen LogP contribution in [0.15, 0.2) is 77.9 Å². The number of carbonyl (C=O) groups is 3. The number of aliphatic carboxylic acids is 1. The number of hydrogen-bond donors (Lipinski definition) is 2. The van der Waals surface area contributed by atoms with Gasteiger partial charge < -0.3 is 14.7 Å². The van der Waals surface area contributed by atoms with Crippen molar-refractivity contribution >= 4 is 47.3 Å². The largest absolute Gasteiger partial charge is 0.497 e. The van der Waals surface area contributed by atoms with Crippen LogP contribution in [0.5, 0.6) is 5.75 Å². The van der Waals surface area contributed by atoms with Crippen LogP contribution in [0.3, 0.4) is 0 Å². The summed E-state index contributed by atoms with van der Waals surface area (Å²) in [5.41, 5.74) is 5.77. The number of urea groups is 1. The number of ether oxygens (including phenoxy) is 1. The second-order valence-electron chi connectivity index (χ2n) is 9.24. The molecule has 9 nitrogen and oxygen atoms in total. The van der Waals surface area contributed by atoms with Crippen molar-refractivity contribution in [3.63, 3.8) is 0 Å². The lowest BCUT2D eigenvalue weighted by atomic mass is 10.1. The summed E-state index contributed by atoms with van der Waals surface area (Å²) in [6.45, 7) is 1.96. The third-order valence-electron chi connectivity index (χ3n) is 6.39. The molecular weight excluding hydrogens is 528 g/mol. The number of nitrogens with one attached hydrogen (secondary N) is 1. The van der Waals surface area contributed by atoms with Crippen LogP contribution in [0.25, 0.3) is 0 Å². The van der Waals surface area contributed by atoms with E-state index in [2.05, 4.69) is 15.4 Å². The number of thioether (sulfide) groups is 1. The monoisotopic (exact) mass is 560 g/mol. The molecule has 1 heterocycles. The second-order valence-corrected chi connectivity index (χ2v) is 10.2. The first kappa shape index (κ1) is 28.7. The lowest BCUT2D eigenvalue weighted by Crippen LogP contribution is -2.42. The first-order chi connectivity index (χ1) is 19.4. The van der Waals surface area contributed by atoms with Gasteiger partial charge in [0.05, 0.1) is 24.8 Å². The molecule has 208 valence electrons. The van der Waals surface area contributed by atoms with Gasteiger partial charge in [0.25, 0.3) is 5.91 Å². The van der Waals surface area contributed by atoms with Gasteiger partial charge in [-0.2, -0.15) is 5.10 Å². The first-order valence-corrected chi connectivity index (χ1v) is 14.1. The van der Waals surface area contributed by atoms with Crippen molar-refractivity contribution < 1.29 is 24.2 Å². The normalized spacial score (nSPS) is 13.2. The number of nitrogens with zero attached hydrogens (tertiary/aromatic N) is 3. The van der Waals surface area contributed by atoms with E-state index in [1.165, 1.54) is 24.4 Å². The van der Waals surface area contributed by atoms with Crippen molar-refractivity contribution in [2.45, 2.75) is 25.0 Å². The topological polar surface area (TPSA) is 112 Å². The molecule has 3 aromatic rings. The molecule has 0 bridgehead atoms. The summed E-state index contributed by atoms with van der Waals surface area (Å²) in [6, 6.07) is 20.7. The highest BCUT2D eigenvalue weighted by molar-refractivity contribution is 7.99. The Morgan fingerprint density at radius 1 is 1.02 bits per heavy atom. The number of rotatable bonds is 10. The summed E-state index contributed by atoms with van der Waals surface area (Å²) >= 11 is 1.24. The number of amides is 3. The van der Waals surface area contributed by atoms with E-state index in [-0.39, 0.29) is 5.75 Å². The van der Waals surface area contributed by atoms with Gasteiger partial charge in [-0.25, -0.2) is 15.1 Å². The SMILES string of the molecule is COc1ccc(C=NNC(=O)N(C(=O)c2cccc(CSCC(=O)O)c2)c2ccc(N3CCCCC3)cc2)cc1. The lowest BCUT2D eigenvalue weighted by Gasteiger charge is -2.29. The van der Waals surface area contributed by atoms with Crippen LogP contribution < -0.4 is 20.0 Å². The minimum Gasteiger partial charge on any atom is -0.497 e. The van der Waals surface area contributed by atoms with Crippen molar-refractivity contribution in [2.75, 3.05) is 35.8 Å². The number of hydrogen-bond acceptors (Lipinski definition) is 7. The van der Waals surface area contributed by atoms with E-state index in [1.807, 2.05) is 18.2 Å². The minimum atomic E-state index is -0.900. The number of imide groups is 1. The van der Waals surface area contributed by atoms with Crippen LogP contribution in [0, 0.1) is 0 Å². The molecule has 0 unspecified atom stereocenters. The van der Waals surface area contributed by atoms with Gasteiger partial charge in [0.2, 0.25) is 0 Å². The maximum atomic E-state index is 13.7. The van der Waals surface area contributed by atoms with Crippen LogP contribution in [0.4, 0.5) is 16.2 Å². The zero-order valence-electron chi connectivity index (χ0n) is 22.3. The molecule has 0 saturated carbocycles. The summed E-state index contributed by atoms with van der Waals surface area (Å²) in [4.78, 5) is 41.3. The summed E-state index contributed by atoms with van der Waals surface area (Å²) in [5.74, 6) is -0.329. The Balaban J connectivity index is 1.56. The van der Waals surface area contributed by atoms with Gasteiger partial charge in [0.15, 0.2) is 0 Å². The van der Waals surface area contributed by atoms with Crippen molar-refractivity contribution in [3.8, 4) is 5.75 Å². The number of benzene rings is 3. The zero-order valence-corrected chi connectivity index (χ0v) is 23.1. The number of piperidine rings is 1. The van der Waals surface area contributed by atoms with Crippen LogP contribution in [0.2, 0.25) is 0 Å². The Morgan fingerprint density at radius 3 is 2.42 bits per heavy atom. The highest BCUT2D eigenvalue weighted by atomic mass is 32.2. The maximum Gasteiger partial charge on any atom is 0.349 e. The lowest BCUT2D eigenvalue weighted by molar-refractivity contribution is -0.133. The smallest absolute Gasteiger partial charge is 0.349 e. The van der Waals surface area contributed by atoms with Gasteiger partial charge in [0.1, 0.15) is 5.75 Å². The van der Waals surface area contributed by atoms with Crippen LogP contribution in [-0.2, 0) is 10.5 Å². The number of carbonyl (C=O) groups excluding carboxylic acids is 2. The fraction of sp³-hybridized carbons (Fsp3) is 0.267. The quantitative estimate of drug-likeness (QED) is 0.252. The third kappa shape index (κ3) is 7.86. The first-order valence-electron chi connectivity index (χ1n) is 13.0. The van der Waals surface area contributed by atoms with Crippen molar-refractivity contribution in [3.05, 3.63) is 89.5 Å². The fourth-order valence-electron chi connectivity index (χ4n) is 4.37. The molecule has 3 amide bonds. The Labute approximate surface area is 237 Å². The van der Waals surface area contributed by atoms with Crippen LogP contribution in [0.1, 0.15) is 40.7 Å². The number of hydrazone groups is 1. The van der Waals surface area contributed by atoms with Gasteiger partial charge in [-0.3, -0.25) is 9.59 Å². The minimum absolute atomic E-state index is 0.0394. The molecule has 2 N–H and O–H groups in total. The third-order valence-corrected chi connectivity index (χ3v) is 7.38. The summed E-state index contributed by atoms with van der Waals surface area (Å²) in [6.07, 6.45) is 4.99. The molecule has 10 heteroatoms.